The average molecular weight is 294 g/mol. The third-order valence-electron chi connectivity index (χ3n) is 3.13. The van der Waals surface area contributed by atoms with Crippen LogP contribution in [-0.2, 0) is 19.9 Å². The number of hydrogen-bond donors (Lipinski definition) is 0. The number of carbonyl (C=O) groups excluding carboxylic acids is 1. The zero-order chi connectivity index (χ0) is 15.4. The average Bonchev–Trinajstić information content (AvgIpc) is 2.79. The fourth-order valence-electron chi connectivity index (χ4n) is 2.07. The maximum atomic E-state index is 12.4. The molecule has 0 atom stereocenters. The Morgan fingerprint density at radius 1 is 1.38 bits per heavy atom. The molecule has 0 aliphatic heterocycles. The lowest BCUT2D eigenvalue weighted by atomic mass is 10.1. The number of nitrogens with zero attached hydrogens (tertiary/aromatic N) is 2. The van der Waals surface area contributed by atoms with Crippen molar-refractivity contribution in [1.29, 1.82) is 0 Å². The molecule has 21 heavy (non-hydrogen) atoms. The quantitative estimate of drug-likeness (QED) is 0.769. The Morgan fingerprint density at radius 2 is 2.10 bits per heavy atom. The van der Waals surface area contributed by atoms with Crippen LogP contribution in [0.3, 0.4) is 0 Å². The van der Waals surface area contributed by atoms with E-state index in [4.69, 9.17) is 0 Å². The summed E-state index contributed by atoms with van der Waals surface area (Å²) in [4.78, 5) is 12.3. The lowest BCUT2D eigenvalue weighted by molar-refractivity contribution is -0.0501. The van der Waals surface area contributed by atoms with E-state index in [1.807, 2.05) is 13.0 Å². The third-order valence-corrected chi connectivity index (χ3v) is 3.13. The van der Waals surface area contributed by atoms with Crippen molar-refractivity contribution in [3.05, 3.63) is 47.3 Å². The van der Waals surface area contributed by atoms with Crippen LogP contribution in [0, 0.1) is 0 Å². The minimum atomic E-state index is -2.96. The first-order chi connectivity index (χ1) is 10.0. The van der Waals surface area contributed by atoms with E-state index in [0.717, 1.165) is 17.8 Å². The number of benzene rings is 1. The van der Waals surface area contributed by atoms with E-state index in [2.05, 4.69) is 9.84 Å². The minimum absolute atomic E-state index is 0.0904. The van der Waals surface area contributed by atoms with E-state index in [1.54, 1.807) is 23.9 Å². The largest absolute Gasteiger partial charge is 0.434 e. The van der Waals surface area contributed by atoms with E-state index in [-0.39, 0.29) is 23.5 Å². The summed E-state index contributed by atoms with van der Waals surface area (Å²) < 4.78 is 30.7. The molecule has 1 aromatic heterocycles. The van der Waals surface area contributed by atoms with E-state index < -0.39 is 6.61 Å². The second-order valence-corrected chi connectivity index (χ2v) is 4.58. The molecule has 0 unspecified atom stereocenters. The number of Topliss-reactive ketones (excluding diaryl/α,β-unsaturated/α-hetero) is 1. The predicted octanol–water partition coefficient (Wildman–Crippen LogP) is 3.01. The van der Waals surface area contributed by atoms with Gasteiger partial charge in [0, 0.05) is 12.7 Å². The van der Waals surface area contributed by atoms with Gasteiger partial charge in [0.25, 0.3) is 0 Å². The second kappa shape index (κ2) is 6.47. The van der Waals surface area contributed by atoms with Crippen LogP contribution in [0.1, 0.15) is 28.7 Å². The highest BCUT2D eigenvalue weighted by atomic mass is 19.3. The van der Waals surface area contributed by atoms with Crippen LogP contribution in [0.25, 0.3) is 0 Å². The molecule has 6 heteroatoms. The number of hydrogen-bond acceptors (Lipinski definition) is 3. The normalized spacial score (nSPS) is 10.9. The molecule has 0 N–H and O–H groups in total. The molecule has 0 spiro atoms. The van der Waals surface area contributed by atoms with Gasteiger partial charge < -0.3 is 4.74 Å². The van der Waals surface area contributed by atoms with Crippen molar-refractivity contribution in [1.82, 2.24) is 9.78 Å². The molecule has 0 bridgehead atoms. The van der Waals surface area contributed by atoms with Crippen LogP contribution in [0.5, 0.6) is 5.75 Å². The fourth-order valence-corrected chi connectivity index (χ4v) is 2.07. The molecule has 0 amide bonds. The van der Waals surface area contributed by atoms with Crippen molar-refractivity contribution in [2.45, 2.75) is 26.4 Å². The maximum Gasteiger partial charge on any atom is 0.387 e. The molecule has 0 aliphatic carbocycles. The molecular weight excluding hydrogens is 278 g/mol. The first-order valence-corrected chi connectivity index (χ1v) is 6.60. The third kappa shape index (κ3) is 3.65. The van der Waals surface area contributed by atoms with Crippen molar-refractivity contribution >= 4 is 5.78 Å². The van der Waals surface area contributed by atoms with Crippen molar-refractivity contribution in [3.63, 3.8) is 0 Å². The Morgan fingerprint density at radius 3 is 2.71 bits per heavy atom. The fraction of sp³-hybridized carbons (Fsp3) is 0.333. The van der Waals surface area contributed by atoms with Gasteiger partial charge in [-0.2, -0.15) is 13.9 Å². The zero-order valence-corrected chi connectivity index (χ0v) is 11.8. The van der Waals surface area contributed by atoms with Gasteiger partial charge in [0.1, 0.15) is 5.75 Å². The first-order valence-electron chi connectivity index (χ1n) is 6.60. The van der Waals surface area contributed by atoms with Crippen LogP contribution < -0.4 is 4.74 Å². The van der Waals surface area contributed by atoms with Crippen molar-refractivity contribution in [3.8, 4) is 5.75 Å². The molecule has 0 radical (unpaired) electrons. The summed E-state index contributed by atoms with van der Waals surface area (Å²) in [6, 6.07) is 7.85. The van der Waals surface area contributed by atoms with Crippen LogP contribution in [0.2, 0.25) is 0 Å². The summed E-state index contributed by atoms with van der Waals surface area (Å²) in [5.41, 5.74) is 1.78. The molecule has 2 aromatic rings. The number of aryl methyl sites for hydroxylation is 2. The summed E-state index contributed by atoms with van der Waals surface area (Å²) in [7, 11) is 1.75. The Labute approximate surface area is 121 Å². The zero-order valence-electron chi connectivity index (χ0n) is 11.8. The molecule has 0 fully saturated rings. The summed E-state index contributed by atoms with van der Waals surface area (Å²) in [6.07, 6.45) is 0.861. The summed E-state index contributed by atoms with van der Waals surface area (Å²) in [6.45, 7) is -0.984. The predicted molar refractivity (Wildman–Crippen MR) is 73.7 cm³/mol. The van der Waals surface area contributed by atoms with Gasteiger partial charge in [0.15, 0.2) is 5.78 Å². The van der Waals surface area contributed by atoms with Crippen molar-refractivity contribution < 1.29 is 18.3 Å². The number of rotatable bonds is 6. The SMILES string of the molecule is CCc1cc(CC(=O)c2ccccc2OC(F)F)n(C)n1. The standard InChI is InChI=1S/C15H16F2N2O2/c1-3-10-8-11(19(2)18-10)9-13(20)12-6-4-5-7-14(12)21-15(16)17/h4-8,15H,3,9H2,1-2H3. The highest BCUT2D eigenvalue weighted by Gasteiger charge is 2.17. The minimum Gasteiger partial charge on any atom is -0.434 e. The highest BCUT2D eigenvalue weighted by Crippen LogP contribution is 2.22. The van der Waals surface area contributed by atoms with Crippen LogP contribution >= 0.6 is 0 Å². The highest BCUT2D eigenvalue weighted by molar-refractivity contribution is 5.99. The Bertz CT molecular complexity index is 638. The smallest absolute Gasteiger partial charge is 0.387 e. The monoisotopic (exact) mass is 294 g/mol. The molecule has 1 heterocycles. The lowest BCUT2D eigenvalue weighted by Crippen LogP contribution is -2.11. The van der Waals surface area contributed by atoms with Gasteiger partial charge in [-0.1, -0.05) is 19.1 Å². The summed E-state index contributed by atoms with van der Waals surface area (Å²) >= 11 is 0. The van der Waals surface area contributed by atoms with Gasteiger partial charge in [0.05, 0.1) is 17.7 Å². The molecular formula is C15H16F2N2O2. The van der Waals surface area contributed by atoms with Gasteiger partial charge in [-0.25, -0.2) is 0 Å². The Kier molecular flexibility index (Phi) is 4.67. The van der Waals surface area contributed by atoms with Gasteiger partial charge in [-0.15, -0.1) is 0 Å². The van der Waals surface area contributed by atoms with E-state index >= 15 is 0 Å². The van der Waals surface area contributed by atoms with Crippen LogP contribution in [0.15, 0.2) is 30.3 Å². The van der Waals surface area contributed by atoms with E-state index in [9.17, 15) is 13.6 Å². The molecule has 4 nitrogen and oxygen atoms in total. The summed E-state index contributed by atoms with van der Waals surface area (Å²) in [5.74, 6) is -0.382. The molecule has 2 rings (SSSR count). The first kappa shape index (κ1) is 15.2. The molecule has 0 saturated heterocycles. The van der Waals surface area contributed by atoms with Crippen LogP contribution in [0.4, 0.5) is 8.78 Å². The Hall–Kier alpha value is -2.24. The van der Waals surface area contributed by atoms with E-state index in [0.29, 0.717) is 0 Å². The number of halogens is 2. The van der Waals surface area contributed by atoms with Gasteiger partial charge in [0.2, 0.25) is 0 Å². The number of ketones is 1. The molecule has 112 valence electrons. The topological polar surface area (TPSA) is 44.1 Å². The number of alkyl halides is 2. The molecule has 0 saturated carbocycles. The number of ether oxygens (including phenoxy) is 1. The summed E-state index contributed by atoms with van der Waals surface area (Å²) in [5, 5.41) is 4.26. The van der Waals surface area contributed by atoms with Gasteiger partial charge >= 0.3 is 6.61 Å². The lowest BCUT2D eigenvalue weighted by Gasteiger charge is -2.09. The maximum absolute atomic E-state index is 12.4. The van der Waals surface area contributed by atoms with Gasteiger partial charge in [-0.3, -0.25) is 9.48 Å². The second-order valence-electron chi connectivity index (χ2n) is 4.58. The van der Waals surface area contributed by atoms with Crippen LogP contribution in [-0.4, -0.2) is 22.2 Å². The number of carbonyl (C=O) groups is 1. The Balaban J connectivity index is 2.22. The molecule has 1 aromatic carbocycles. The van der Waals surface area contributed by atoms with E-state index in [1.165, 1.54) is 12.1 Å². The van der Waals surface area contributed by atoms with Gasteiger partial charge in [-0.05, 0) is 24.6 Å². The molecule has 0 aliphatic rings. The van der Waals surface area contributed by atoms with Crippen molar-refractivity contribution in [2.24, 2.45) is 7.05 Å². The van der Waals surface area contributed by atoms with Crippen molar-refractivity contribution in [2.75, 3.05) is 0 Å². The number of para-hydroxylation sites is 1. The number of aromatic nitrogens is 2.